The van der Waals surface area contributed by atoms with E-state index in [9.17, 15) is 4.79 Å². The highest BCUT2D eigenvalue weighted by atomic mass is 28.4. The Kier molecular flexibility index (Phi) is 14.7. The second kappa shape index (κ2) is 18.4. The van der Waals surface area contributed by atoms with E-state index in [4.69, 9.17) is 9.16 Å². The van der Waals surface area contributed by atoms with E-state index in [1.165, 1.54) is 100 Å². The molecule has 4 heteroatoms. The number of benzene rings is 2. The molecule has 0 aromatic heterocycles. The average molecular weight is 645 g/mol. The van der Waals surface area contributed by atoms with E-state index in [1.54, 1.807) is 0 Å². The largest absolute Gasteiger partial charge is 0.462 e. The van der Waals surface area contributed by atoms with Crippen molar-refractivity contribution in [3.05, 3.63) is 72.8 Å². The van der Waals surface area contributed by atoms with Crippen molar-refractivity contribution >= 4 is 24.7 Å². The van der Waals surface area contributed by atoms with E-state index in [2.05, 4.69) is 82.8 Å². The molecule has 3 nitrogen and oxygen atoms in total. The highest BCUT2D eigenvalue weighted by molar-refractivity contribution is 6.99. The molecule has 4 rings (SSSR count). The number of esters is 1. The van der Waals surface area contributed by atoms with Gasteiger partial charge in [0.1, 0.15) is 0 Å². The van der Waals surface area contributed by atoms with E-state index in [-0.39, 0.29) is 17.6 Å². The molecule has 2 saturated carbocycles. The smallest absolute Gasteiger partial charge is 0.335 e. The van der Waals surface area contributed by atoms with Gasteiger partial charge in [0.25, 0.3) is 8.32 Å². The van der Waals surface area contributed by atoms with Gasteiger partial charge in [-0.3, -0.25) is 0 Å². The van der Waals surface area contributed by atoms with Crippen LogP contribution in [0, 0.1) is 23.7 Å². The lowest BCUT2D eigenvalue weighted by Crippen LogP contribution is -2.66. The first-order valence-corrected chi connectivity index (χ1v) is 20.7. The first-order valence-electron chi connectivity index (χ1n) is 18.8. The molecule has 0 heterocycles. The Morgan fingerprint density at radius 2 is 1.13 bits per heavy atom. The summed E-state index contributed by atoms with van der Waals surface area (Å²) in [5.41, 5.74) is 0.401. The lowest BCUT2D eigenvalue weighted by Gasteiger charge is -2.43. The van der Waals surface area contributed by atoms with Gasteiger partial charge in [-0.1, -0.05) is 185 Å². The fourth-order valence-corrected chi connectivity index (χ4v) is 13.0. The molecule has 2 aromatic carbocycles. The molecule has 2 aliphatic carbocycles. The van der Waals surface area contributed by atoms with Crippen molar-refractivity contribution < 1.29 is 14.0 Å². The molecule has 254 valence electrons. The molecule has 46 heavy (non-hydrogen) atoms. The van der Waals surface area contributed by atoms with Gasteiger partial charge in [0.2, 0.25) is 0 Å². The van der Waals surface area contributed by atoms with Crippen molar-refractivity contribution in [3.63, 3.8) is 0 Å². The third-order valence-corrected chi connectivity index (χ3v) is 16.3. The van der Waals surface area contributed by atoms with Gasteiger partial charge in [0.15, 0.2) is 0 Å². The second-order valence-electron chi connectivity index (χ2n) is 15.7. The van der Waals surface area contributed by atoms with Gasteiger partial charge in [0.05, 0.1) is 18.8 Å². The van der Waals surface area contributed by atoms with Crippen LogP contribution in [0.3, 0.4) is 0 Å². The molecule has 0 radical (unpaired) electrons. The molecule has 2 fully saturated rings. The molecular weight excluding hydrogens is 581 g/mol. The Hall–Kier alpha value is -2.17. The first kappa shape index (κ1) is 36.7. The van der Waals surface area contributed by atoms with Crippen LogP contribution in [0.15, 0.2) is 72.8 Å². The molecule has 0 atom stereocenters. The van der Waals surface area contributed by atoms with E-state index in [0.717, 1.165) is 36.5 Å². The molecule has 0 saturated heterocycles. The molecule has 2 aliphatic rings. The number of rotatable bonds is 17. The molecule has 0 aliphatic heterocycles. The van der Waals surface area contributed by atoms with Gasteiger partial charge in [-0.15, -0.1) is 0 Å². The van der Waals surface area contributed by atoms with E-state index < -0.39 is 8.32 Å². The van der Waals surface area contributed by atoms with Gasteiger partial charge < -0.3 is 9.16 Å². The number of hydrogen-bond acceptors (Lipinski definition) is 3. The molecule has 0 N–H and O–H groups in total. The zero-order valence-electron chi connectivity index (χ0n) is 29.7. The van der Waals surface area contributed by atoms with Gasteiger partial charge in [0, 0.05) is 0 Å². The summed E-state index contributed by atoms with van der Waals surface area (Å²) in [6, 6.07) is 21.1. The van der Waals surface area contributed by atoms with Gasteiger partial charge in [-0.25, -0.2) is 4.79 Å². The minimum atomic E-state index is -2.72. The zero-order chi connectivity index (χ0) is 32.8. The van der Waals surface area contributed by atoms with Crippen molar-refractivity contribution in [1.82, 2.24) is 0 Å². The standard InChI is InChI=1S/C42H64O3Si/c1-6-7-10-16-35-22-26-37(27-23-35)30-31-38-28-24-36(25-29-38)17-15-32-44-41(43)34(2)33-45-46(42(3,4)5,39-18-11-8-12-19-39)40-20-13-9-14-21-40/h8-9,11-14,18-21,35-38H,2,6-7,10,15-17,22-33H2,1,3-5H3. The van der Waals surface area contributed by atoms with Gasteiger partial charge in [-0.2, -0.15) is 0 Å². The summed E-state index contributed by atoms with van der Waals surface area (Å²) in [5.74, 6) is 3.43. The molecule has 0 spiro atoms. The van der Waals surface area contributed by atoms with Gasteiger partial charge >= 0.3 is 5.97 Å². The van der Waals surface area contributed by atoms with Crippen LogP contribution in [0.2, 0.25) is 5.04 Å². The summed E-state index contributed by atoms with van der Waals surface area (Å²) in [5, 5.41) is 2.25. The average Bonchev–Trinajstić information content (AvgIpc) is 3.07. The normalized spacial score (nSPS) is 22.3. The summed E-state index contributed by atoms with van der Waals surface area (Å²) in [6.07, 6.45) is 22.2. The van der Waals surface area contributed by atoms with E-state index >= 15 is 0 Å². The van der Waals surface area contributed by atoms with Crippen molar-refractivity contribution in [1.29, 1.82) is 0 Å². The summed E-state index contributed by atoms with van der Waals surface area (Å²) in [4.78, 5) is 13.0. The predicted octanol–water partition coefficient (Wildman–Crippen LogP) is 10.4. The number of carbonyl (C=O) groups is 1. The van der Waals surface area contributed by atoms with Crippen LogP contribution in [0.25, 0.3) is 0 Å². The quantitative estimate of drug-likeness (QED) is 0.0744. The molecular formula is C42H64O3Si. The zero-order valence-corrected chi connectivity index (χ0v) is 30.7. The van der Waals surface area contributed by atoms with Crippen molar-refractivity contribution in [2.45, 2.75) is 135 Å². The van der Waals surface area contributed by atoms with Crippen LogP contribution in [-0.2, 0) is 14.0 Å². The summed E-state index contributed by atoms with van der Waals surface area (Å²) in [7, 11) is -2.72. The topological polar surface area (TPSA) is 35.5 Å². The molecule has 2 aromatic rings. The maximum absolute atomic E-state index is 13.0. The third kappa shape index (κ3) is 10.4. The molecule has 0 unspecified atom stereocenters. The Bertz CT molecular complexity index is 1110. The fraction of sp³-hybridized carbons (Fsp3) is 0.643. The van der Waals surface area contributed by atoms with E-state index in [1.807, 2.05) is 12.1 Å². The monoisotopic (exact) mass is 644 g/mol. The Balaban J connectivity index is 1.14. The van der Waals surface area contributed by atoms with Crippen molar-refractivity contribution in [2.75, 3.05) is 13.2 Å². The Labute approximate surface area is 283 Å². The minimum Gasteiger partial charge on any atom is -0.462 e. The number of hydrogen-bond donors (Lipinski definition) is 0. The Morgan fingerprint density at radius 1 is 0.696 bits per heavy atom. The highest BCUT2D eigenvalue weighted by Gasteiger charge is 2.50. The lowest BCUT2D eigenvalue weighted by molar-refractivity contribution is -0.139. The first-order chi connectivity index (χ1) is 22.2. The van der Waals surface area contributed by atoms with Crippen LogP contribution in [0.5, 0.6) is 0 Å². The second-order valence-corrected chi connectivity index (χ2v) is 20.0. The Morgan fingerprint density at radius 3 is 1.57 bits per heavy atom. The van der Waals surface area contributed by atoms with Crippen LogP contribution in [0.1, 0.15) is 130 Å². The maximum Gasteiger partial charge on any atom is 0.335 e. The summed E-state index contributed by atoms with van der Waals surface area (Å²) in [6.45, 7) is 13.8. The van der Waals surface area contributed by atoms with Crippen LogP contribution in [-0.4, -0.2) is 27.5 Å². The molecule has 0 bridgehead atoms. The van der Waals surface area contributed by atoms with Crippen molar-refractivity contribution in [2.24, 2.45) is 23.7 Å². The highest BCUT2D eigenvalue weighted by Crippen LogP contribution is 2.39. The molecule has 0 amide bonds. The third-order valence-electron chi connectivity index (χ3n) is 11.3. The van der Waals surface area contributed by atoms with Crippen LogP contribution < -0.4 is 10.4 Å². The maximum atomic E-state index is 13.0. The van der Waals surface area contributed by atoms with E-state index in [0.29, 0.717) is 12.2 Å². The number of carbonyl (C=O) groups excluding carboxylic acids is 1. The number of unbranched alkanes of at least 4 members (excludes halogenated alkanes) is 2. The SMILES string of the molecule is C=C(CO[Si](c1ccccc1)(c1ccccc1)C(C)(C)C)C(=O)OCCCC1CCC(CCC2CCC(CCCCC)CC2)CC1. The van der Waals surface area contributed by atoms with Crippen LogP contribution >= 0.6 is 0 Å². The van der Waals surface area contributed by atoms with Crippen LogP contribution in [0.4, 0.5) is 0 Å². The lowest BCUT2D eigenvalue weighted by atomic mass is 9.74. The minimum absolute atomic E-state index is 0.147. The fourth-order valence-electron chi connectivity index (χ4n) is 8.43. The summed E-state index contributed by atoms with van der Waals surface area (Å²) >= 11 is 0. The predicted molar refractivity (Wildman–Crippen MR) is 197 cm³/mol. The number of ether oxygens (including phenoxy) is 1. The van der Waals surface area contributed by atoms with Gasteiger partial charge in [-0.05, 0) is 51.9 Å². The summed E-state index contributed by atoms with van der Waals surface area (Å²) < 4.78 is 12.6. The van der Waals surface area contributed by atoms with Crippen molar-refractivity contribution in [3.8, 4) is 0 Å².